The van der Waals surface area contributed by atoms with E-state index in [1.165, 1.54) is 0 Å². The molecule has 0 radical (unpaired) electrons. The zero-order valence-electron chi connectivity index (χ0n) is 20.1. The highest BCUT2D eigenvalue weighted by Gasteiger charge is 2.28. The van der Waals surface area contributed by atoms with Crippen molar-refractivity contribution in [2.75, 3.05) is 37.5 Å². The van der Waals surface area contributed by atoms with Crippen molar-refractivity contribution in [3.63, 3.8) is 0 Å². The van der Waals surface area contributed by atoms with Crippen LogP contribution in [0.5, 0.6) is 11.5 Å². The minimum atomic E-state index is -0.337. The predicted molar refractivity (Wildman–Crippen MR) is 136 cm³/mol. The number of benzene rings is 2. The van der Waals surface area contributed by atoms with E-state index in [-0.39, 0.29) is 16.7 Å². The first-order chi connectivity index (χ1) is 17.1. The normalized spacial score (nSPS) is 15.3. The second-order valence-electron chi connectivity index (χ2n) is 8.53. The van der Waals surface area contributed by atoms with Crippen molar-refractivity contribution in [3.05, 3.63) is 82.0 Å². The largest absolute Gasteiger partial charge is 0.497 e. The first-order valence-corrected chi connectivity index (χ1v) is 11.7. The second kappa shape index (κ2) is 11.5. The van der Waals surface area contributed by atoms with Crippen molar-refractivity contribution in [1.82, 2.24) is 10.3 Å². The molecule has 1 aromatic heterocycles. The lowest BCUT2D eigenvalue weighted by Gasteiger charge is -2.27. The summed E-state index contributed by atoms with van der Waals surface area (Å²) in [6.45, 7) is 2.63. The number of ether oxygens (including phenoxy) is 2. The highest BCUT2D eigenvalue weighted by molar-refractivity contribution is 5.74. The first kappa shape index (κ1) is 24.3. The molecule has 4 rings (SSSR count). The average Bonchev–Trinajstić information content (AvgIpc) is 2.89. The Morgan fingerprint density at radius 1 is 1.03 bits per heavy atom. The van der Waals surface area contributed by atoms with Crippen LogP contribution in [0.15, 0.2) is 60.8 Å². The number of nitro groups is 1. The van der Waals surface area contributed by atoms with E-state index in [0.717, 1.165) is 48.6 Å². The number of anilines is 2. The monoisotopic (exact) mass is 477 g/mol. The van der Waals surface area contributed by atoms with Crippen molar-refractivity contribution in [3.8, 4) is 11.5 Å². The van der Waals surface area contributed by atoms with Crippen LogP contribution in [-0.4, -0.2) is 43.3 Å². The Hall–Kier alpha value is -3.85. The van der Waals surface area contributed by atoms with Gasteiger partial charge in [-0.15, -0.1) is 0 Å². The van der Waals surface area contributed by atoms with Gasteiger partial charge < -0.3 is 25.0 Å². The van der Waals surface area contributed by atoms with E-state index in [0.29, 0.717) is 24.6 Å². The number of pyridine rings is 1. The Bertz CT molecular complexity index is 1070. The lowest BCUT2D eigenvalue weighted by molar-refractivity contribution is -0.383. The zero-order valence-corrected chi connectivity index (χ0v) is 20.1. The molecule has 9 heteroatoms. The number of hydrogen-bond donors (Lipinski definition) is 2. The average molecular weight is 478 g/mol. The molecule has 1 aliphatic rings. The van der Waals surface area contributed by atoms with Gasteiger partial charge in [0.1, 0.15) is 17.2 Å². The van der Waals surface area contributed by atoms with Gasteiger partial charge in [-0.1, -0.05) is 24.3 Å². The molecule has 9 nitrogen and oxygen atoms in total. The van der Waals surface area contributed by atoms with Crippen LogP contribution in [-0.2, 0) is 13.1 Å². The maximum absolute atomic E-state index is 12.3. The smallest absolute Gasteiger partial charge is 0.334 e. The molecule has 1 fully saturated rings. The Morgan fingerprint density at radius 2 is 1.63 bits per heavy atom. The van der Waals surface area contributed by atoms with Crippen molar-refractivity contribution in [2.24, 2.45) is 0 Å². The van der Waals surface area contributed by atoms with E-state index < -0.39 is 0 Å². The standard InChI is InChI=1S/C26H31N5O4/c1-34-22-9-5-19(6-10-22)17-30(18-20-7-11-23(35-2)12-8-20)26-25(31(32)33)24(13-15-28-26)29-21-4-3-14-27-16-21/h5-13,15,21,27H,3-4,14,16-18H2,1-2H3,(H,28,29)/t21-/m1/s1. The number of aromatic nitrogens is 1. The van der Waals surface area contributed by atoms with E-state index in [4.69, 9.17) is 9.47 Å². The van der Waals surface area contributed by atoms with Gasteiger partial charge in [-0.3, -0.25) is 10.1 Å². The van der Waals surface area contributed by atoms with Gasteiger partial charge in [0, 0.05) is 31.9 Å². The van der Waals surface area contributed by atoms with Gasteiger partial charge in [-0.25, -0.2) is 4.98 Å². The van der Waals surface area contributed by atoms with Crippen LogP contribution in [0.1, 0.15) is 24.0 Å². The molecule has 0 aliphatic carbocycles. The molecule has 0 unspecified atom stereocenters. The minimum Gasteiger partial charge on any atom is -0.497 e. The molecule has 0 saturated carbocycles. The molecule has 2 N–H and O–H groups in total. The molecule has 1 aliphatic heterocycles. The number of hydrogen-bond acceptors (Lipinski definition) is 8. The summed E-state index contributed by atoms with van der Waals surface area (Å²) in [5.41, 5.74) is 2.46. The van der Waals surface area contributed by atoms with Crippen LogP contribution < -0.4 is 25.0 Å². The molecule has 1 saturated heterocycles. The van der Waals surface area contributed by atoms with Gasteiger partial charge in [0.15, 0.2) is 0 Å². The Labute approximate surface area is 205 Å². The van der Waals surface area contributed by atoms with Crippen LogP contribution in [0.3, 0.4) is 0 Å². The fourth-order valence-corrected chi connectivity index (χ4v) is 4.27. The third-order valence-electron chi connectivity index (χ3n) is 6.11. The molecule has 0 amide bonds. The maximum atomic E-state index is 12.3. The zero-order chi connectivity index (χ0) is 24.6. The fourth-order valence-electron chi connectivity index (χ4n) is 4.27. The van der Waals surface area contributed by atoms with Crippen LogP contribution in [0.25, 0.3) is 0 Å². The minimum absolute atomic E-state index is 0.0138. The molecule has 3 aromatic rings. The Morgan fingerprint density at radius 3 is 2.11 bits per heavy atom. The van der Waals surface area contributed by atoms with E-state index >= 15 is 0 Å². The first-order valence-electron chi connectivity index (χ1n) is 11.7. The summed E-state index contributed by atoms with van der Waals surface area (Å²) in [7, 11) is 3.25. The van der Waals surface area contributed by atoms with Crippen LogP contribution in [0, 0.1) is 10.1 Å². The molecular weight excluding hydrogens is 446 g/mol. The Balaban J connectivity index is 1.69. The van der Waals surface area contributed by atoms with Gasteiger partial charge in [-0.05, 0) is 60.8 Å². The summed E-state index contributed by atoms with van der Waals surface area (Å²) in [5.74, 6) is 1.84. The van der Waals surface area contributed by atoms with E-state index in [2.05, 4.69) is 15.6 Å². The van der Waals surface area contributed by atoms with Gasteiger partial charge in [0.25, 0.3) is 0 Å². The van der Waals surface area contributed by atoms with Crippen molar-refractivity contribution in [2.45, 2.75) is 32.0 Å². The fraction of sp³-hybridized carbons (Fsp3) is 0.346. The summed E-state index contributed by atoms with van der Waals surface area (Å²) in [6, 6.07) is 17.2. The third-order valence-corrected chi connectivity index (χ3v) is 6.11. The summed E-state index contributed by atoms with van der Waals surface area (Å²) in [4.78, 5) is 18.4. The van der Waals surface area contributed by atoms with Gasteiger partial charge in [-0.2, -0.15) is 0 Å². The van der Waals surface area contributed by atoms with E-state index in [1.54, 1.807) is 26.5 Å². The van der Waals surface area contributed by atoms with Crippen LogP contribution in [0.4, 0.5) is 17.2 Å². The molecule has 0 bridgehead atoms. The summed E-state index contributed by atoms with van der Waals surface area (Å²) in [6.07, 6.45) is 3.63. The quantitative estimate of drug-likeness (QED) is 0.328. The molecule has 0 spiro atoms. The second-order valence-corrected chi connectivity index (χ2v) is 8.53. The number of methoxy groups -OCH3 is 2. The van der Waals surface area contributed by atoms with Crippen LogP contribution >= 0.6 is 0 Å². The van der Waals surface area contributed by atoms with E-state index in [1.807, 2.05) is 53.4 Å². The lowest BCUT2D eigenvalue weighted by atomic mass is 10.1. The number of nitrogens with one attached hydrogen (secondary N) is 2. The lowest BCUT2D eigenvalue weighted by Crippen LogP contribution is -2.38. The molecule has 1 atom stereocenters. The molecule has 35 heavy (non-hydrogen) atoms. The van der Waals surface area contributed by atoms with Gasteiger partial charge in [0.05, 0.1) is 19.1 Å². The number of rotatable bonds is 10. The third kappa shape index (κ3) is 6.19. The summed E-state index contributed by atoms with van der Waals surface area (Å²) in [5, 5.41) is 19.0. The summed E-state index contributed by atoms with van der Waals surface area (Å²) >= 11 is 0. The SMILES string of the molecule is COc1ccc(CN(Cc2ccc(OC)cc2)c2nccc(N[C@@H]3CCCNC3)c2[N+](=O)[O-])cc1. The number of piperidine rings is 1. The topological polar surface area (TPSA) is 102 Å². The van der Waals surface area contributed by atoms with Gasteiger partial charge >= 0.3 is 5.69 Å². The van der Waals surface area contributed by atoms with Gasteiger partial charge in [0.2, 0.25) is 5.82 Å². The molecule has 2 aromatic carbocycles. The molecule has 2 heterocycles. The van der Waals surface area contributed by atoms with Crippen molar-refractivity contribution >= 4 is 17.2 Å². The Kier molecular flexibility index (Phi) is 7.99. The van der Waals surface area contributed by atoms with E-state index in [9.17, 15) is 10.1 Å². The maximum Gasteiger partial charge on any atom is 0.334 e. The van der Waals surface area contributed by atoms with Crippen LogP contribution in [0.2, 0.25) is 0 Å². The van der Waals surface area contributed by atoms with Crippen molar-refractivity contribution in [1.29, 1.82) is 0 Å². The highest BCUT2D eigenvalue weighted by Crippen LogP contribution is 2.36. The predicted octanol–water partition coefficient (Wildman–Crippen LogP) is 4.38. The van der Waals surface area contributed by atoms with Crippen molar-refractivity contribution < 1.29 is 14.4 Å². The highest BCUT2D eigenvalue weighted by atomic mass is 16.6. The molecule has 184 valence electrons. The number of nitrogens with zero attached hydrogens (tertiary/aromatic N) is 3. The molecular formula is C26H31N5O4. The summed E-state index contributed by atoms with van der Waals surface area (Å²) < 4.78 is 10.5.